The van der Waals surface area contributed by atoms with Gasteiger partial charge in [-0.1, -0.05) is 12.0 Å². The molecule has 1 heterocycles. The lowest BCUT2D eigenvalue weighted by atomic mass is 11.0. The van der Waals surface area contributed by atoms with Crippen molar-refractivity contribution in [2.45, 2.75) is 0 Å². The predicted octanol–water partition coefficient (Wildman–Crippen LogP) is 1.34. The molecule has 4 heteroatoms. The third kappa shape index (κ3) is 1.68. The molecule has 1 aromatic rings. The van der Waals surface area contributed by atoms with Crippen molar-refractivity contribution in [2.75, 3.05) is 12.4 Å². The zero-order chi connectivity index (χ0) is 7.40. The van der Waals surface area contributed by atoms with Crippen LogP contribution in [0.2, 0.25) is 0 Å². The van der Waals surface area contributed by atoms with Crippen molar-refractivity contribution in [3.8, 4) is 0 Å². The monoisotopic (exact) mass is 170 g/mol. The van der Waals surface area contributed by atoms with Gasteiger partial charge in [0.1, 0.15) is 5.44 Å². The molecule has 0 saturated carbocycles. The topological polar surface area (TPSA) is 24.9 Å². The molecular weight excluding hydrogens is 163 g/mol. The van der Waals surface area contributed by atoms with E-state index < -0.39 is 0 Å². The van der Waals surface area contributed by atoms with Crippen LogP contribution in [-0.4, -0.2) is 17.5 Å². The van der Waals surface area contributed by atoms with Crippen LogP contribution in [0.1, 0.15) is 0 Å². The number of nitrogens with one attached hydrogen (secondary N) is 1. The maximum atomic E-state index is 4.21. The van der Waals surface area contributed by atoms with Crippen molar-refractivity contribution in [3.05, 3.63) is 12.0 Å². The largest absolute Gasteiger partial charge is 0.365 e. The number of nitrogens with zero attached hydrogens (tertiary/aromatic N) is 1. The van der Waals surface area contributed by atoms with E-state index in [1.54, 1.807) is 11.3 Å². The smallest absolute Gasteiger partial charge is 0.183 e. The van der Waals surface area contributed by atoms with E-state index in [1.807, 2.05) is 12.4 Å². The highest BCUT2D eigenvalue weighted by Gasteiger charge is 1.94. The summed E-state index contributed by atoms with van der Waals surface area (Å²) in [5, 5.41) is 5.89. The van der Waals surface area contributed by atoms with Crippen molar-refractivity contribution in [1.82, 2.24) is 4.98 Å². The zero-order valence-corrected chi connectivity index (χ0v) is 7.30. The van der Waals surface area contributed by atoms with Gasteiger partial charge in [0.25, 0.3) is 0 Å². The van der Waals surface area contributed by atoms with Gasteiger partial charge in [0.2, 0.25) is 0 Å². The van der Waals surface area contributed by atoms with Gasteiger partial charge in [0.05, 0.1) is 0 Å². The number of thiazole rings is 1. The van der Waals surface area contributed by atoms with Gasteiger partial charge in [0, 0.05) is 20.6 Å². The molecule has 52 valence electrons. The lowest BCUT2D eigenvalue weighted by Gasteiger charge is -1.85. The lowest BCUT2D eigenvalue weighted by molar-refractivity contribution is 1.41. The minimum atomic E-state index is 0.942. The molecule has 0 saturated heterocycles. The molecule has 0 amide bonds. The molecule has 1 N–H and O–H groups in total. The molecule has 0 unspecified atom stereocenters. The summed E-state index contributed by atoms with van der Waals surface area (Å²) >= 11 is 1.59. The molecule has 0 fully saturated rings. The fourth-order valence-corrected chi connectivity index (χ4v) is 1.80. The standard InChI is InChI=1S/C6H7N2PS/c1-3-9-5-4-10-6(7-2)8-5/h4H,1H2,2H3,(H,7,8). The van der Waals surface area contributed by atoms with Crippen LogP contribution in [-0.2, 0) is 0 Å². The molecule has 1 rings (SSSR count). The first kappa shape index (κ1) is 7.49. The Hall–Kier alpha value is -0.620. The summed E-state index contributed by atoms with van der Waals surface area (Å²) in [6, 6.07) is 0. The molecule has 0 radical (unpaired) electrons. The van der Waals surface area contributed by atoms with E-state index in [9.17, 15) is 0 Å². The molecule has 0 aliphatic rings. The second kappa shape index (κ2) is 3.52. The minimum absolute atomic E-state index is 0.942. The van der Waals surface area contributed by atoms with Crippen molar-refractivity contribution in [2.24, 2.45) is 0 Å². The summed E-state index contributed by atoms with van der Waals surface area (Å²) in [7, 11) is 2.82. The summed E-state index contributed by atoms with van der Waals surface area (Å²) in [5.41, 5.74) is 3.76. The maximum absolute atomic E-state index is 4.21. The molecule has 0 bridgehead atoms. The van der Waals surface area contributed by atoms with Gasteiger partial charge in [-0.3, -0.25) is 0 Å². The maximum Gasteiger partial charge on any atom is 0.183 e. The Morgan fingerprint density at radius 3 is 3.20 bits per heavy atom. The van der Waals surface area contributed by atoms with Crippen LogP contribution < -0.4 is 10.8 Å². The third-order valence-electron chi connectivity index (χ3n) is 0.900. The molecule has 10 heavy (non-hydrogen) atoms. The Bertz CT molecular complexity index is 262. The third-order valence-corrected chi connectivity index (χ3v) is 2.55. The number of hydrogen-bond donors (Lipinski definition) is 1. The van der Waals surface area contributed by atoms with Crippen molar-refractivity contribution in [1.29, 1.82) is 0 Å². The Morgan fingerprint density at radius 2 is 2.70 bits per heavy atom. The van der Waals surface area contributed by atoms with Gasteiger partial charge in [-0.15, -0.1) is 11.3 Å². The molecule has 0 aliphatic carbocycles. The highest BCUT2D eigenvalue weighted by Crippen LogP contribution is 2.10. The van der Waals surface area contributed by atoms with Crippen LogP contribution in [0, 0.1) is 0 Å². The van der Waals surface area contributed by atoms with Crippen molar-refractivity contribution in [3.63, 3.8) is 0 Å². The van der Waals surface area contributed by atoms with E-state index >= 15 is 0 Å². The van der Waals surface area contributed by atoms with E-state index in [0.29, 0.717) is 0 Å². The Balaban J connectivity index is 2.87. The first-order valence-corrected chi connectivity index (χ1v) is 4.50. The number of rotatable bonds is 2. The fraction of sp³-hybridized carbons (Fsp3) is 0.167. The molecule has 0 aliphatic heterocycles. The van der Waals surface area contributed by atoms with Gasteiger partial charge in [-0.05, 0) is 0 Å². The fourth-order valence-electron chi connectivity index (χ4n) is 0.512. The average molecular weight is 170 g/mol. The zero-order valence-electron chi connectivity index (χ0n) is 5.59. The van der Waals surface area contributed by atoms with Crippen LogP contribution in [0.3, 0.4) is 0 Å². The van der Waals surface area contributed by atoms with Gasteiger partial charge < -0.3 is 5.32 Å². The Morgan fingerprint density at radius 1 is 1.90 bits per heavy atom. The van der Waals surface area contributed by atoms with E-state index in [-0.39, 0.29) is 0 Å². The van der Waals surface area contributed by atoms with E-state index in [1.165, 1.54) is 0 Å². The van der Waals surface area contributed by atoms with Crippen molar-refractivity contribution < 1.29 is 0 Å². The minimum Gasteiger partial charge on any atom is -0.365 e. The first-order valence-electron chi connectivity index (χ1n) is 2.73. The molecular formula is C6H7N2PS. The summed E-state index contributed by atoms with van der Waals surface area (Å²) in [6.45, 7) is 3.50. The lowest BCUT2D eigenvalue weighted by Crippen LogP contribution is -1.93. The normalized spacial score (nSPS) is 9.30. The van der Waals surface area contributed by atoms with Gasteiger partial charge >= 0.3 is 0 Å². The van der Waals surface area contributed by atoms with Crippen LogP contribution in [0.15, 0.2) is 12.0 Å². The summed E-state index contributed by atoms with van der Waals surface area (Å²) in [6.07, 6.45) is 0. The van der Waals surface area contributed by atoms with Crippen LogP contribution in [0.4, 0.5) is 5.13 Å². The van der Waals surface area contributed by atoms with Gasteiger partial charge in [0.15, 0.2) is 5.13 Å². The van der Waals surface area contributed by atoms with E-state index in [0.717, 1.165) is 18.8 Å². The number of anilines is 1. The average Bonchev–Trinajstić information content (AvgIpc) is 2.37. The van der Waals surface area contributed by atoms with E-state index in [2.05, 4.69) is 22.3 Å². The predicted molar refractivity (Wildman–Crippen MR) is 48.8 cm³/mol. The first-order chi connectivity index (χ1) is 4.86. The second-order valence-corrected chi connectivity index (χ2v) is 3.39. The molecule has 0 atom stereocenters. The Labute approximate surface area is 65.4 Å². The summed E-state index contributed by atoms with van der Waals surface area (Å²) in [4.78, 5) is 4.21. The quantitative estimate of drug-likeness (QED) is 0.677. The summed E-state index contributed by atoms with van der Waals surface area (Å²) in [5.74, 6) is 0. The number of hydrogen-bond acceptors (Lipinski definition) is 3. The number of aromatic nitrogens is 1. The van der Waals surface area contributed by atoms with Gasteiger partial charge in [-0.25, -0.2) is 4.98 Å². The van der Waals surface area contributed by atoms with Crippen molar-refractivity contribution >= 4 is 35.6 Å². The molecule has 1 aromatic heterocycles. The highest BCUT2D eigenvalue weighted by molar-refractivity contribution is 7.47. The van der Waals surface area contributed by atoms with E-state index in [4.69, 9.17) is 0 Å². The van der Waals surface area contributed by atoms with Crippen LogP contribution >= 0.6 is 19.5 Å². The van der Waals surface area contributed by atoms with Crippen LogP contribution in [0.25, 0.3) is 0 Å². The Kier molecular flexibility index (Phi) is 2.64. The summed E-state index contributed by atoms with van der Waals surface area (Å²) < 4.78 is 0. The molecule has 0 aromatic carbocycles. The SMILES string of the molecule is C=C=Pc1csc(NC)n1. The second-order valence-electron chi connectivity index (χ2n) is 1.53. The molecule has 2 nitrogen and oxygen atoms in total. The van der Waals surface area contributed by atoms with Gasteiger partial charge in [-0.2, -0.15) is 0 Å². The highest BCUT2D eigenvalue weighted by atomic mass is 32.1. The molecule has 0 spiro atoms. The van der Waals surface area contributed by atoms with Crippen LogP contribution in [0.5, 0.6) is 0 Å².